The number of aliphatic carboxylic acids is 1. The van der Waals surface area contributed by atoms with Crippen molar-refractivity contribution >= 4 is 17.8 Å². The molecule has 1 fully saturated rings. The molecule has 0 bridgehead atoms. The van der Waals surface area contributed by atoms with Gasteiger partial charge in [-0.25, -0.2) is 0 Å². The van der Waals surface area contributed by atoms with Gasteiger partial charge < -0.3 is 15.7 Å². The van der Waals surface area contributed by atoms with Crippen molar-refractivity contribution in [2.75, 3.05) is 7.05 Å². The predicted molar refractivity (Wildman–Crippen MR) is 78.5 cm³/mol. The van der Waals surface area contributed by atoms with E-state index in [4.69, 9.17) is 5.11 Å². The SMILES string of the molecule is CNC(=O)c1ccc(C(=O)NC2CCC(C(=O)O)CC2)cn1. The number of pyridine rings is 1. The number of hydrogen-bond donors (Lipinski definition) is 3. The van der Waals surface area contributed by atoms with Crippen LogP contribution < -0.4 is 10.6 Å². The van der Waals surface area contributed by atoms with Gasteiger partial charge in [0, 0.05) is 19.3 Å². The lowest BCUT2D eigenvalue weighted by Crippen LogP contribution is -2.38. The zero-order valence-corrected chi connectivity index (χ0v) is 12.3. The van der Waals surface area contributed by atoms with Crippen molar-refractivity contribution in [1.82, 2.24) is 15.6 Å². The van der Waals surface area contributed by atoms with Crippen molar-refractivity contribution in [2.45, 2.75) is 31.7 Å². The molecule has 0 saturated heterocycles. The van der Waals surface area contributed by atoms with Crippen molar-refractivity contribution in [2.24, 2.45) is 5.92 Å². The Morgan fingerprint density at radius 2 is 1.82 bits per heavy atom. The minimum atomic E-state index is -0.765. The monoisotopic (exact) mass is 305 g/mol. The van der Waals surface area contributed by atoms with E-state index in [-0.39, 0.29) is 29.5 Å². The number of nitrogens with zero attached hydrogens (tertiary/aromatic N) is 1. The molecule has 0 aliphatic heterocycles. The molecule has 118 valence electrons. The molecule has 2 amide bonds. The Bertz CT molecular complexity index is 563. The van der Waals surface area contributed by atoms with E-state index in [0.29, 0.717) is 31.2 Å². The lowest BCUT2D eigenvalue weighted by Gasteiger charge is -2.26. The fourth-order valence-corrected chi connectivity index (χ4v) is 2.54. The molecule has 1 heterocycles. The lowest BCUT2D eigenvalue weighted by molar-refractivity contribution is -0.142. The molecule has 0 aromatic carbocycles. The summed E-state index contributed by atoms with van der Waals surface area (Å²) in [4.78, 5) is 38.3. The lowest BCUT2D eigenvalue weighted by atomic mass is 9.86. The highest BCUT2D eigenvalue weighted by Crippen LogP contribution is 2.24. The van der Waals surface area contributed by atoms with Crippen LogP contribution in [0.3, 0.4) is 0 Å². The van der Waals surface area contributed by atoms with Gasteiger partial charge >= 0.3 is 5.97 Å². The number of nitrogens with one attached hydrogen (secondary N) is 2. The molecule has 0 unspecified atom stereocenters. The summed E-state index contributed by atoms with van der Waals surface area (Å²) in [5.41, 5.74) is 0.633. The zero-order chi connectivity index (χ0) is 16.1. The minimum absolute atomic E-state index is 0.0123. The van der Waals surface area contributed by atoms with Crippen LogP contribution in [0, 0.1) is 5.92 Å². The van der Waals surface area contributed by atoms with Gasteiger partial charge in [0.1, 0.15) is 5.69 Å². The Morgan fingerprint density at radius 1 is 1.14 bits per heavy atom. The van der Waals surface area contributed by atoms with Crippen LogP contribution in [-0.2, 0) is 4.79 Å². The van der Waals surface area contributed by atoms with Crippen LogP contribution >= 0.6 is 0 Å². The van der Waals surface area contributed by atoms with E-state index >= 15 is 0 Å². The summed E-state index contributed by atoms with van der Waals surface area (Å²) < 4.78 is 0. The minimum Gasteiger partial charge on any atom is -0.481 e. The van der Waals surface area contributed by atoms with E-state index in [2.05, 4.69) is 15.6 Å². The highest BCUT2D eigenvalue weighted by Gasteiger charge is 2.26. The Hall–Kier alpha value is -2.44. The molecule has 1 aliphatic carbocycles. The summed E-state index contributed by atoms with van der Waals surface area (Å²) in [6.07, 6.45) is 3.84. The third-order valence-corrected chi connectivity index (χ3v) is 3.90. The third kappa shape index (κ3) is 3.81. The standard InChI is InChI=1S/C15H19N3O4/c1-16-14(20)12-7-4-10(8-17-12)13(19)18-11-5-2-9(3-6-11)15(21)22/h4,7-9,11H,2-3,5-6H2,1H3,(H,16,20)(H,18,19)(H,21,22). The predicted octanol–water partition coefficient (Wildman–Crippen LogP) is 0.814. The second-order valence-corrected chi connectivity index (χ2v) is 5.37. The number of carboxylic acid groups (broad SMARTS) is 1. The van der Waals surface area contributed by atoms with Crippen molar-refractivity contribution in [3.05, 3.63) is 29.6 Å². The van der Waals surface area contributed by atoms with E-state index in [0.717, 1.165) is 0 Å². The molecular formula is C15H19N3O4. The van der Waals surface area contributed by atoms with Crippen LogP contribution in [0.2, 0.25) is 0 Å². The maximum atomic E-state index is 12.1. The Kier molecular flexibility index (Phi) is 5.08. The van der Waals surface area contributed by atoms with E-state index in [1.165, 1.54) is 19.3 Å². The van der Waals surface area contributed by atoms with Crippen LogP contribution in [0.4, 0.5) is 0 Å². The molecule has 0 radical (unpaired) electrons. The number of rotatable bonds is 4. The van der Waals surface area contributed by atoms with Gasteiger partial charge in [-0.15, -0.1) is 0 Å². The number of aromatic nitrogens is 1. The first-order valence-electron chi connectivity index (χ1n) is 7.23. The second-order valence-electron chi connectivity index (χ2n) is 5.37. The third-order valence-electron chi connectivity index (χ3n) is 3.90. The van der Waals surface area contributed by atoms with Gasteiger partial charge in [-0.3, -0.25) is 19.4 Å². The highest BCUT2D eigenvalue weighted by molar-refractivity contribution is 5.96. The van der Waals surface area contributed by atoms with E-state index in [1.807, 2.05) is 0 Å². The van der Waals surface area contributed by atoms with Gasteiger partial charge in [0.2, 0.25) is 0 Å². The molecule has 1 aromatic heterocycles. The van der Waals surface area contributed by atoms with Gasteiger partial charge in [-0.1, -0.05) is 0 Å². The quantitative estimate of drug-likeness (QED) is 0.763. The number of amides is 2. The molecule has 7 heteroatoms. The molecule has 7 nitrogen and oxygen atoms in total. The van der Waals surface area contributed by atoms with Crippen molar-refractivity contribution in [3.63, 3.8) is 0 Å². The van der Waals surface area contributed by atoms with Crippen LogP contribution in [0.5, 0.6) is 0 Å². The van der Waals surface area contributed by atoms with E-state index < -0.39 is 5.97 Å². The fourth-order valence-electron chi connectivity index (χ4n) is 2.54. The summed E-state index contributed by atoms with van der Waals surface area (Å²) >= 11 is 0. The molecular weight excluding hydrogens is 286 g/mol. The first kappa shape index (κ1) is 15.9. The Labute approximate surface area is 128 Å². The van der Waals surface area contributed by atoms with Gasteiger partial charge in [0.05, 0.1) is 11.5 Å². The van der Waals surface area contributed by atoms with E-state index in [9.17, 15) is 14.4 Å². The number of carbonyl (C=O) groups is 3. The summed E-state index contributed by atoms with van der Waals surface area (Å²) in [6, 6.07) is 3.03. The second kappa shape index (κ2) is 7.02. The van der Waals surface area contributed by atoms with Crippen molar-refractivity contribution < 1.29 is 19.5 Å². The molecule has 1 aliphatic rings. The average molecular weight is 305 g/mol. The van der Waals surface area contributed by atoms with Crippen molar-refractivity contribution in [3.8, 4) is 0 Å². The van der Waals surface area contributed by atoms with Gasteiger partial charge in [-0.2, -0.15) is 0 Å². The number of hydrogen-bond acceptors (Lipinski definition) is 4. The van der Waals surface area contributed by atoms with Crippen LogP contribution in [-0.4, -0.2) is 41.0 Å². The van der Waals surface area contributed by atoms with Crippen LogP contribution in [0.1, 0.15) is 46.5 Å². The number of carboxylic acids is 1. The molecule has 3 N–H and O–H groups in total. The van der Waals surface area contributed by atoms with E-state index in [1.54, 1.807) is 6.07 Å². The summed E-state index contributed by atoms with van der Waals surface area (Å²) in [7, 11) is 1.51. The van der Waals surface area contributed by atoms with Gasteiger partial charge in [-0.05, 0) is 37.8 Å². The molecule has 2 rings (SSSR count). The smallest absolute Gasteiger partial charge is 0.306 e. The summed E-state index contributed by atoms with van der Waals surface area (Å²) in [5, 5.41) is 14.3. The number of carbonyl (C=O) groups excluding carboxylic acids is 2. The summed E-state index contributed by atoms with van der Waals surface area (Å²) in [6.45, 7) is 0. The first-order chi connectivity index (χ1) is 10.5. The largest absolute Gasteiger partial charge is 0.481 e. The fraction of sp³-hybridized carbons (Fsp3) is 0.467. The van der Waals surface area contributed by atoms with Gasteiger partial charge in [0.15, 0.2) is 0 Å². The molecule has 1 saturated carbocycles. The molecule has 0 spiro atoms. The first-order valence-corrected chi connectivity index (χ1v) is 7.23. The van der Waals surface area contributed by atoms with Crippen LogP contribution in [0.25, 0.3) is 0 Å². The molecule has 0 atom stereocenters. The van der Waals surface area contributed by atoms with Crippen LogP contribution in [0.15, 0.2) is 18.3 Å². The molecule has 22 heavy (non-hydrogen) atoms. The Morgan fingerprint density at radius 3 is 2.32 bits per heavy atom. The highest BCUT2D eigenvalue weighted by atomic mass is 16.4. The zero-order valence-electron chi connectivity index (χ0n) is 12.3. The van der Waals surface area contributed by atoms with Gasteiger partial charge in [0.25, 0.3) is 11.8 Å². The maximum absolute atomic E-state index is 12.1. The average Bonchev–Trinajstić information content (AvgIpc) is 2.54. The normalized spacial score (nSPS) is 21.0. The summed E-state index contributed by atoms with van der Waals surface area (Å²) in [5.74, 6) is -1.63. The van der Waals surface area contributed by atoms with Crippen molar-refractivity contribution in [1.29, 1.82) is 0 Å². The maximum Gasteiger partial charge on any atom is 0.306 e. The molecule has 1 aromatic rings. The topological polar surface area (TPSA) is 108 Å². The Balaban J connectivity index is 1.90.